The van der Waals surface area contributed by atoms with Gasteiger partial charge in [0.25, 0.3) is 5.91 Å². The van der Waals surface area contributed by atoms with Crippen LogP contribution in [0.4, 0.5) is 19.0 Å². The van der Waals surface area contributed by atoms with Gasteiger partial charge in [-0.25, -0.2) is 4.68 Å². The Morgan fingerprint density at radius 1 is 1.26 bits per heavy atom. The summed E-state index contributed by atoms with van der Waals surface area (Å²) in [6.45, 7) is 4.59. The first-order valence-electron chi connectivity index (χ1n) is 13.0. The largest absolute Gasteiger partial charge is 0.471 e. The van der Waals surface area contributed by atoms with Crippen LogP contribution in [0.2, 0.25) is 0 Å². The van der Waals surface area contributed by atoms with Crippen LogP contribution in [0.3, 0.4) is 0 Å². The predicted octanol–water partition coefficient (Wildman–Crippen LogP) is 1.47. The lowest BCUT2D eigenvalue weighted by atomic mass is 9.96. The number of aryl methyl sites for hydroxylation is 1. The number of hydrogen-bond acceptors (Lipinski definition) is 6. The molecule has 0 bridgehead atoms. The van der Waals surface area contributed by atoms with Crippen molar-refractivity contribution < 1.29 is 32.3 Å². The molecule has 2 unspecified atom stereocenters. The molecule has 0 radical (unpaired) electrons. The number of aromatic nitrogens is 2. The number of nitrogens with one attached hydrogen (secondary N) is 2. The molecule has 1 aliphatic carbocycles. The van der Waals surface area contributed by atoms with Gasteiger partial charge < -0.3 is 20.4 Å². The number of fused-ring (bicyclic) bond motifs is 4. The van der Waals surface area contributed by atoms with Gasteiger partial charge in [0.1, 0.15) is 23.9 Å². The highest BCUT2D eigenvalue weighted by molar-refractivity contribution is 6.02. The second kappa shape index (κ2) is 10.2. The second-order valence-corrected chi connectivity index (χ2v) is 11.0. The van der Waals surface area contributed by atoms with Gasteiger partial charge in [0, 0.05) is 19.0 Å². The average Bonchev–Trinajstić information content (AvgIpc) is 3.52. The highest BCUT2D eigenvalue weighted by Gasteiger charge is 2.58. The van der Waals surface area contributed by atoms with Crippen LogP contribution in [0.5, 0.6) is 0 Å². The van der Waals surface area contributed by atoms with Crippen LogP contribution >= 0.6 is 0 Å². The fourth-order valence-electron chi connectivity index (χ4n) is 5.72. The first-order valence-corrected chi connectivity index (χ1v) is 13.0. The van der Waals surface area contributed by atoms with Crippen LogP contribution < -0.4 is 10.6 Å². The molecule has 11 nitrogen and oxygen atoms in total. The summed E-state index contributed by atoms with van der Waals surface area (Å²) < 4.78 is 39.7. The number of hydrogen-bond donors (Lipinski definition) is 2. The number of carbonyl (C=O) groups excluding carboxylic acids is 4. The first kappa shape index (κ1) is 28.4. The number of carbonyl (C=O) groups is 4. The summed E-state index contributed by atoms with van der Waals surface area (Å²) in [5, 5.41) is 19.2. The SMILES string of the molecule is CC(C)CC(C(=O)N1C[C@]2(C[C@H]1C#N)C(=O)Nc1c3c(nn12)CCCC3)N(C)C(=O)C(C)NC(=O)C(F)(F)F. The summed E-state index contributed by atoms with van der Waals surface area (Å²) in [6, 6.07) is -1.58. The zero-order chi connectivity index (χ0) is 28.9. The molecule has 1 spiro atoms. The molecule has 1 aromatic rings. The van der Waals surface area contributed by atoms with Crippen molar-refractivity contribution in [2.24, 2.45) is 5.92 Å². The van der Waals surface area contributed by atoms with E-state index in [0.29, 0.717) is 5.82 Å². The van der Waals surface area contributed by atoms with E-state index in [1.807, 2.05) is 13.8 Å². The third-order valence-electron chi connectivity index (χ3n) is 7.76. The number of alkyl halides is 3. The lowest BCUT2D eigenvalue weighted by molar-refractivity contribution is -0.175. The summed E-state index contributed by atoms with van der Waals surface area (Å²) in [5.41, 5.74) is 0.594. The van der Waals surface area contributed by atoms with E-state index in [0.717, 1.165) is 48.8 Å². The maximum Gasteiger partial charge on any atom is 0.471 e. The molecule has 2 N–H and O–H groups in total. The standard InChI is InChI=1S/C25H32F3N7O4/c1-13(2)9-18(33(4)20(36)14(3)30-23(39)25(26,27)28)21(37)34-12-24(10-15(34)11-29)22(38)31-19-16-7-5-6-8-17(16)32-35(19)24/h13-15,18H,5-10,12H2,1-4H3,(H,30,39)(H,31,38)/t14?,15-,18?,24+/m0/s1. The highest BCUT2D eigenvalue weighted by Crippen LogP contribution is 2.44. The van der Waals surface area contributed by atoms with E-state index in [1.165, 1.54) is 11.9 Å². The van der Waals surface area contributed by atoms with Crippen LogP contribution in [0, 0.1) is 17.2 Å². The molecule has 0 aromatic carbocycles. The molecule has 2 aliphatic heterocycles. The Hall–Kier alpha value is -3.63. The number of nitriles is 1. The molecule has 4 atom stereocenters. The smallest absolute Gasteiger partial charge is 0.337 e. The number of likely N-dealkylation sites (N-methyl/N-ethyl adjacent to an activating group) is 1. The maximum absolute atomic E-state index is 13.9. The third-order valence-corrected chi connectivity index (χ3v) is 7.76. The van der Waals surface area contributed by atoms with Crippen molar-refractivity contribution in [1.29, 1.82) is 5.26 Å². The van der Waals surface area contributed by atoms with Gasteiger partial charge in [-0.1, -0.05) is 13.8 Å². The van der Waals surface area contributed by atoms with Crippen LogP contribution in [0.1, 0.15) is 57.7 Å². The number of likely N-dealkylation sites (tertiary alicyclic amines) is 1. The normalized spacial score (nSPS) is 23.6. The molecule has 4 rings (SSSR count). The highest BCUT2D eigenvalue weighted by atomic mass is 19.4. The molecule has 212 valence electrons. The number of rotatable bonds is 6. The van der Waals surface area contributed by atoms with E-state index < -0.39 is 47.6 Å². The topological polar surface area (TPSA) is 140 Å². The fourth-order valence-corrected chi connectivity index (χ4v) is 5.72. The predicted molar refractivity (Wildman–Crippen MR) is 131 cm³/mol. The van der Waals surface area contributed by atoms with Crippen LogP contribution in [0.15, 0.2) is 0 Å². The van der Waals surface area contributed by atoms with Crippen molar-refractivity contribution in [2.45, 2.75) is 89.1 Å². The van der Waals surface area contributed by atoms with Gasteiger partial charge in [0.2, 0.25) is 11.8 Å². The average molecular weight is 552 g/mol. The van der Waals surface area contributed by atoms with Crippen molar-refractivity contribution >= 4 is 29.4 Å². The number of amides is 4. The Kier molecular flexibility index (Phi) is 7.39. The number of halogens is 3. The Labute approximate surface area is 223 Å². The first-order chi connectivity index (χ1) is 18.2. The fraction of sp³-hybridized carbons (Fsp3) is 0.680. The minimum absolute atomic E-state index is 0.0126. The minimum Gasteiger partial charge on any atom is -0.337 e. The molecule has 1 fully saturated rings. The summed E-state index contributed by atoms with van der Waals surface area (Å²) in [4.78, 5) is 53.8. The maximum atomic E-state index is 13.9. The van der Waals surface area contributed by atoms with Gasteiger partial charge >= 0.3 is 12.1 Å². The molecule has 1 aromatic heterocycles. The van der Waals surface area contributed by atoms with Gasteiger partial charge in [-0.2, -0.15) is 23.5 Å². The number of anilines is 1. The molecule has 3 aliphatic rings. The number of nitrogens with zero attached hydrogens (tertiary/aromatic N) is 5. The third kappa shape index (κ3) is 4.94. The van der Waals surface area contributed by atoms with E-state index in [1.54, 1.807) is 10.00 Å². The van der Waals surface area contributed by atoms with Gasteiger partial charge in [-0.15, -0.1) is 0 Å². The summed E-state index contributed by atoms with van der Waals surface area (Å²) in [6.07, 6.45) is -1.50. The monoisotopic (exact) mass is 551 g/mol. The minimum atomic E-state index is -5.17. The van der Waals surface area contributed by atoms with Crippen LogP contribution in [0.25, 0.3) is 0 Å². The van der Waals surface area contributed by atoms with Crippen LogP contribution in [-0.4, -0.2) is 81.1 Å². The molecule has 14 heteroatoms. The Morgan fingerprint density at radius 3 is 2.54 bits per heavy atom. The van der Waals surface area contributed by atoms with E-state index in [4.69, 9.17) is 5.10 Å². The van der Waals surface area contributed by atoms with Crippen molar-refractivity contribution in [2.75, 3.05) is 18.9 Å². The zero-order valence-electron chi connectivity index (χ0n) is 22.3. The Morgan fingerprint density at radius 2 is 1.92 bits per heavy atom. The zero-order valence-corrected chi connectivity index (χ0v) is 22.3. The summed E-state index contributed by atoms with van der Waals surface area (Å²) in [7, 11) is 1.28. The van der Waals surface area contributed by atoms with Crippen molar-refractivity contribution in [1.82, 2.24) is 24.9 Å². The molecule has 3 heterocycles. The van der Waals surface area contributed by atoms with Crippen LogP contribution in [-0.2, 0) is 37.6 Å². The van der Waals surface area contributed by atoms with E-state index in [-0.39, 0.29) is 31.2 Å². The summed E-state index contributed by atoms with van der Waals surface area (Å²) >= 11 is 0. The molecule has 39 heavy (non-hydrogen) atoms. The Bertz CT molecular complexity index is 1240. The van der Waals surface area contributed by atoms with Gasteiger partial charge in [-0.05, 0) is 44.9 Å². The Balaban J connectivity index is 1.60. The molecule has 1 saturated heterocycles. The quantitative estimate of drug-likeness (QED) is 0.549. The molecule has 0 saturated carbocycles. The van der Waals surface area contributed by atoms with Crippen molar-refractivity contribution in [3.8, 4) is 6.07 Å². The molecule has 4 amide bonds. The van der Waals surface area contributed by atoms with E-state index in [2.05, 4.69) is 11.4 Å². The van der Waals surface area contributed by atoms with E-state index in [9.17, 15) is 37.6 Å². The summed E-state index contributed by atoms with van der Waals surface area (Å²) in [5.74, 6) is -3.63. The lowest BCUT2D eigenvalue weighted by Gasteiger charge is -2.34. The van der Waals surface area contributed by atoms with E-state index >= 15 is 0 Å². The van der Waals surface area contributed by atoms with Gasteiger partial charge in [0.05, 0.1) is 18.3 Å². The lowest BCUT2D eigenvalue weighted by Crippen LogP contribution is -2.56. The second-order valence-electron chi connectivity index (χ2n) is 11.0. The van der Waals surface area contributed by atoms with Crippen molar-refractivity contribution in [3.63, 3.8) is 0 Å². The molecular formula is C25H32F3N7O4. The van der Waals surface area contributed by atoms with Crippen molar-refractivity contribution in [3.05, 3.63) is 11.3 Å². The molecular weight excluding hydrogens is 519 g/mol. The van der Waals surface area contributed by atoms with Gasteiger partial charge in [0.15, 0.2) is 5.54 Å². The van der Waals surface area contributed by atoms with Gasteiger partial charge in [-0.3, -0.25) is 19.2 Å².